The Labute approximate surface area is 138 Å². The van der Waals surface area contributed by atoms with Gasteiger partial charge in [0.05, 0.1) is 22.0 Å². The van der Waals surface area contributed by atoms with Gasteiger partial charge in [0.25, 0.3) is 0 Å². The molecule has 6 nitrogen and oxygen atoms in total. The van der Waals surface area contributed by atoms with Crippen LogP contribution in [0.25, 0.3) is 0 Å². The van der Waals surface area contributed by atoms with Crippen LogP contribution in [0.1, 0.15) is 5.56 Å². The van der Waals surface area contributed by atoms with Gasteiger partial charge in [0, 0.05) is 5.56 Å². The lowest BCUT2D eigenvalue weighted by molar-refractivity contribution is -0.104. The largest absolute Gasteiger partial charge is 0.396 e. The molecule has 24 heavy (non-hydrogen) atoms. The zero-order valence-corrected chi connectivity index (χ0v) is 13.2. The molecule has 2 rings (SSSR count). The topological polar surface area (TPSA) is 116 Å². The van der Waals surface area contributed by atoms with Gasteiger partial charge in [0.15, 0.2) is 6.29 Å². The average Bonchev–Trinajstić information content (AvgIpc) is 2.54. The highest BCUT2D eigenvalue weighted by molar-refractivity contribution is 7.89. The number of nitrogens with two attached hydrogens (primary N) is 2. The third-order valence-electron chi connectivity index (χ3n) is 2.99. The maximum Gasteiger partial charge on any atom is 0.238 e. The van der Waals surface area contributed by atoms with E-state index in [-0.39, 0.29) is 10.6 Å². The molecule has 0 aromatic heterocycles. The van der Waals surface area contributed by atoms with E-state index in [9.17, 15) is 17.6 Å². The van der Waals surface area contributed by atoms with Crippen LogP contribution in [0, 0.1) is 5.82 Å². The first-order chi connectivity index (χ1) is 11.3. The minimum atomic E-state index is -3.80. The van der Waals surface area contributed by atoms with Gasteiger partial charge in [-0.3, -0.25) is 4.79 Å². The van der Waals surface area contributed by atoms with Crippen LogP contribution in [0.4, 0.5) is 10.1 Å². The van der Waals surface area contributed by atoms with Crippen molar-refractivity contribution in [3.8, 4) is 0 Å². The Hall–Kier alpha value is -2.84. The van der Waals surface area contributed by atoms with Crippen LogP contribution in [0.2, 0.25) is 0 Å². The summed E-state index contributed by atoms with van der Waals surface area (Å²) in [6.45, 7) is 0. The number of aliphatic imine (C=N–C) groups is 1. The van der Waals surface area contributed by atoms with E-state index in [1.165, 1.54) is 54.6 Å². The van der Waals surface area contributed by atoms with E-state index in [4.69, 9.17) is 10.9 Å². The number of hydrogen-bond acceptors (Lipinski definition) is 5. The second kappa shape index (κ2) is 7.16. The van der Waals surface area contributed by atoms with Crippen LogP contribution in [0.5, 0.6) is 0 Å². The molecule has 0 heterocycles. The Morgan fingerprint density at radius 3 is 2.12 bits per heavy atom. The molecule has 0 saturated heterocycles. The van der Waals surface area contributed by atoms with Gasteiger partial charge in [0.1, 0.15) is 5.82 Å². The predicted octanol–water partition coefficient (Wildman–Crippen LogP) is 1.64. The smallest absolute Gasteiger partial charge is 0.238 e. The van der Waals surface area contributed by atoms with Gasteiger partial charge in [0.2, 0.25) is 10.0 Å². The fourth-order valence-electron chi connectivity index (χ4n) is 1.84. The summed E-state index contributed by atoms with van der Waals surface area (Å²) in [5.41, 5.74) is 6.74. The minimum absolute atomic E-state index is 0.0484. The van der Waals surface area contributed by atoms with Crippen molar-refractivity contribution in [2.75, 3.05) is 0 Å². The van der Waals surface area contributed by atoms with E-state index < -0.39 is 15.8 Å². The molecule has 0 aliphatic carbocycles. The zero-order chi connectivity index (χ0) is 17.7. The molecule has 0 radical (unpaired) electrons. The summed E-state index contributed by atoms with van der Waals surface area (Å²) < 4.78 is 35.5. The summed E-state index contributed by atoms with van der Waals surface area (Å²) in [5, 5.41) is 5.03. The molecule has 4 N–H and O–H groups in total. The molecule has 0 fully saturated rings. The van der Waals surface area contributed by atoms with Crippen LogP contribution in [0.3, 0.4) is 0 Å². The Balaban J connectivity index is 2.48. The number of rotatable bonds is 5. The number of nitrogens with zero attached hydrogens (tertiary/aromatic N) is 1. The maximum absolute atomic E-state index is 13.1. The number of allylic oxidation sites excluding steroid dienone is 2. The van der Waals surface area contributed by atoms with Crippen molar-refractivity contribution in [3.05, 3.63) is 71.7 Å². The quantitative estimate of drug-likeness (QED) is 0.486. The fraction of sp³-hybridized carbons (Fsp3) is 0. The van der Waals surface area contributed by atoms with Crippen molar-refractivity contribution in [2.45, 2.75) is 4.90 Å². The molecular formula is C16H14FN3O3S. The van der Waals surface area contributed by atoms with Crippen LogP contribution >= 0.6 is 0 Å². The van der Waals surface area contributed by atoms with Gasteiger partial charge >= 0.3 is 0 Å². The number of carbonyl (C=O) groups is 1. The monoisotopic (exact) mass is 347 g/mol. The highest BCUT2D eigenvalue weighted by Gasteiger charge is 2.07. The second-order valence-electron chi connectivity index (χ2n) is 4.81. The summed E-state index contributed by atoms with van der Waals surface area (Å²) in [6.07, 6.45) is 1.80. The molecular weight excluding hydrogens is 333 g/mol. The number of carbonyl (C=O) groups excluding carboxylic acids is 1. The SMILES string of the molecule is N/C(C=O)=C\C(=Nc1ccc(S(N)(=O)=O)cc1)c1ccc(F)cc1. The Morgan fingerprint density at radius 2 is 1.62 bits per heavy atom. The molecule has 124 valence electrons. The van der Waals surface area contributed by atoms with E-state index in [2.05, 4.69) is 4.99 Å². The number of halogens is 1. The summed E-state index contributed by atoms with van der Waals surface area (Å²) in [4.78, 5) is 15.0. The number of benzene rings is 2. The molecule has 0 unspecified atom stereocenters. The van der Waals surface area contributed by atoms with Crippen LogP contribution in [-0.4, -0.2) is 20.4 Å². The summed E-state index contributed by atoms with van der Waals surface area (Å²) in [5.74, 6) is -0.414. The molecule has 2 aromatic rings. The Morgan fingerprint density at radius 1 is 1.04 bits per heavy atom. The van der Waals surface area contributed by atoms with Gasteiger partial charge in [-0.2, -0.15) is 0 Å². The highest BCUT2D eigenvalue weighted by Crippen LogP contribution is 2.18. The lowest BCUT2D eigenvalue weighted by Gasteiger charge is -2.04. The first kappa shape index (κ1) is 17.5. The minimum Gasteiger partial charge on any atom is -0.396 e. The van der Waals surface area contributed by atoms with E-state index in [0.29, 0.717) is 23.2 Å². The number of primary sulfonamides is 1. The normalized spacial score (nSPS) is 12.9. The van der Waals surface area contributed by atoms with Crippen molar-refractivity contribution in [2.24, 2.45) is 15.9 Å². The average molecular weight is 347 g/mol. The standard InChI is InChI=1S/C16H14FN3O3S/c17-12-3-1-11(2-4-12)16(9-13(18)10-21)20-14-5-7-15(8-6-14)24(19,22)23/h1-10H,18H2,(H2,19,22,23)/b13-9-,20-16?. The predicted molar refractivity (Wildman–Crippen MR) is 88.7 cm³/mol. The number of hydrogen-bond donors (Lipinski definition) is 2. The van der Waals surface area contributed by atoms with Crippen LogP contribution < -0.4 is 10.9 Å². The van der Waals surface area contributed by atoms with E-state index in [1.54, 1.807) is 0 Å². The molecule has 0 saturated carbocycles. The van der Waals surface area contributed by atoms with Gasteiger partial charge in [-0.05, 0) is 54.6 Å². The molecule has 0 atom stereocenters. The van der Waals surface area contributed by atoms with Crippen molar-refractivity contribution < 1.29 is 17.6 Å². The van der Waals surface area contributed by atoms with Crippen molar-refractivity contribution in [1.82, 2.24) is 0 Å². The van der Waals surface area contributed by atoms with Crippen LogP contribution in [-0.2, 0) is 14.8 Å². The lowest BCUT2D eigenvalue weighted by atomic mass is 10.1. The van der Waals surface area contributed by atoms with Gasteiger partial charge < -0.3 is 5.73 Å². The van der Waals surface area contributed by atoms with E-state index in [1.807, 2.05) is 0 Å². The molecule has 0 amide bonds. The maximum atomic E-state index is 13.1. The third-order valence-corrected chi connectivity index (χ3v) is 3.92. The number of sulfonamides is 1. The molecule has 8 heteroatoms. The highest BCUT2D eigenvalue weighted by atomic mass is 32.2. The van der Waals surface area contributed by atoms with Crippen LogP contribution in [0.15, 0.2) is 70.2 Å². The summed E-state index contributed by atoms with van der Waals surface area (Å²) in [6, 6.07) is 11.0. The summed E-state index contributed by atoms with van der Waals surface area (Å²) in [7, 11) is -3.80. The Kier molecular flexibility index (Phi) is 5.22. The first-order valence-electron chi connectivity index (χ1n) is 6.69. The van der Waals surface area contributed by atoms with Gasteiger partial charge in [-0.15, -0.1) is 0 Å². The Bertz CT molecular complexity index is 903. The summed E-state index contributed by atoms with van der Waals surface area (Å²) >= 11 is 0. The van der Waals surface area contributed by atoms with E-state index >= 15 is 0 Å². The molecule has 0 bridgehead atoms. The molecule has 0 aliphatic heterocycles. The lowest BCUT2D eigenvalue weighted by Crippen LogP contribution is -2.11. The third kappa shape index (κ3) is 4.58. The fourth-order valence-corrected chi connectivity index (χ4v) is 2.36. The number of aldehydes is 1. The van der Waals surface area contributed by atoms with Gasteiger partial charge in [-0.25, -0.2) is 22.9 Å². The molecule has 0 spiro atoms. The van der Waals surface area contributed by atoms with Crippen molar-refractivity contribution in [1.29, 1.82) is 0 Å². The molecule has 2 aromatic carbocycles. The first-order valence-corrected chi connectivity index (χ1v) is 8.24. The van der Waals surface area contributed by atoms with E-state index in [0.717, 1.165) is 0 Å². The molecule has 0 aliphatic rings. The second-order valence-corrected chi connectivity index (χ2v) is 6.37. The van der Waals surface area contributed by atoms with Gasteiger partial charge in [-0.1, -0.05) is 0 Å². The van der Waals surface area contributed by atoms with Crippen molar-refractivity contribution in [3.63, 3.8) is 0 Å². The van der Waals surface area contributed by atoms with Crippen molar-refractivity contribution >= 4 is 27.7 Å². The zero-order valence-electron chi connectivity index (χ0n) is 12.4.